The van der Waals surface area contributed by atoms with Crippen molar-refractivity contribution in [3.8, 4) is 0 Å². The van der Waals surface area contributed by atoms with E-state index in [4.69, 9.17) is 4.74 Å². The van der Waals surface area contributed by atoms with Crippen LogP contribution in [0.3, 0.4) is 0 Å². The Balaban J connectivity index is 1.05. The van der Waals surface area contributed by atoms with Crippen molar-refractivity contribution in [2.45, 2.75) is 31.2 Å². The molecule has 2 aromatic carbocycles. The van der Waals surface area contributed by atoms with E-state index in [0.717, 1.165) is 31.3 Å². The first-order chi connectivity index (χ1) is 16.2. The number of carbonyl (C=O) groups is 1. The number of benzene rings is 2. The Kier molecular flexibility index (Phi) is 5.10. The van der Waals surface area contributed by atoms with Crippen molar-refractivity contribution in [2.24, 2.45) is 5.92 Å². The zero-order valence-corrected chi connectivity index (χ0v) is 18.9. The lowest BCUT2D eigenvalue weighted by atomic mass is 9.72. The average Bonchev–Trinajstić information content (AvgIpc) is 3.44. The molecular weight excluding hydrogens is 412 g/mol. The van der Waals surface area contributed by atoms with Gasteiger partial charge in [0.25, 0.3) is 0 Å². The van der Waals surface area contributed by atoms with Crippen LogP contribution in [0.15, 0.2) is 54.9 Å². The van der Waals surface area contributed by atoms with E-state index in [1.165, 1.54) is 33.0 Å². The van der Waals surface area contributed by atoms with Gasteiger partial charge in [0.1, 0.15) is 0 Å². The molecule has 1 aliphatic heterocycles. The molecule has 0 saturated carbocycles. The number of likely N-dealkylation sites (N-methyl/N-ethyl adjacent to an activating group) is 1. The number of fused-ring (bicyclic) bond motifs is 3. The number of alkyl carbamates (subject to hydrolysis) is 1. The number of rotatable bonds is 5. The third-order valence-corrected chi connectivity index (χ3v) is 7.60. The largest absolute Gasteiger partial charge is 0.449 e. The highest BCUT2D eigenvalue weighted by atomic mass is 16.5. The van der Waals surface area contributed by atoms with Crippen LogP contribution in [-0.2, 0) is 17.6 Å². The Hall–Kier alpha value is -3.25. The maximum absolute atomic E-state index is 12.4. The minimum atomic E-state index is -0.321. The second-order valence-corrected chi connectivity index (χ2v) is 9.64. The molecule has 6 rings (SSSR count). The summed E-state index contributed by atoms with van der Waals surface area (Å²) in [6.45, 7) is 1.98. The van der Waals surface area contributed by atoms with Crippen molar-refractivity contribution in [3.63, 3.8) is 0 Å². The molecule has 3 heterocycles. The van der Waals surface area contributed by atoms with Crippen molar-refractivity contribution in [3.05, 3.63) is 71.5 Å². The van der Waals surface area contributed by atoms with Gasteiger partial charge in [-0.3, -0.25) is 0 Å². The number of amides is 1. The summed E-state index contributed by atoms with van der Waals surface area (Å²) < 4.78 is 5.65. The van der Waals surface area contributed by atoms with E-state index in [1.807, 2.05) is 18.3 Å². The average molecular weight is 443 g/mol. The van der Waals surface area contributed by atoms with Crippen molar-refractivity contribution in [1.82, 2.24) is 20.2 Å². The third kappa shape index (κ3) is 3.68. The zero-order valence-electron chi connectivity index (χ0n) is 18.9. The van der Waals surface area contributed by atoms with Crippen molar-refractivity contribution < 1.29 is 9.53 Å². The van der Waals surface area contributed by atoms with E-state index in [1.54, 1.807) is 0 Å². The topological polar surface area (TPSA) is 73.2 Å². The standard InChI is InChI=1S/C27H30N4O2/c1-31-15-17(11-22-21-6-4-8-24-26(21)19(14-30-24)12-25(22)31)16-33-27(32)28-10-9-18-13-29-23-7-3-2-5-20(18)23/h2-8,13-14,17,22,25,29-30H,9-12,15-16H2,1H3,(H,28,32)/t17-,22?,25-/m1/s1. The molecule has 6 nitrogen and oxygen atoms in total. The molecular formula is C27H30N4O2. The van der Waals surface area contributed by atoms with Crippen LogP contribution in [0.1, 0.15) is 29.0 Å². The molecule has 3 N–H and O–H groups in total. The molecule has 1 amide bonds. The summed E-state index contributed by atoms with van der Waals surface area (Å²) in [6.07, 6.45) is 6.79. The quantitative estimate of drug-likeness (QED) is 0.424. The molecule has 1 fully saturated rings. The molecule has 2 aromatic heterocycles. The SMILES string of the molecule is CN1C[C@H](COC(=O)NCCc2c[nH]c3ccccc23)CC2c3cccc4[nH]cc(c34)C[C@H]21. The number of nitrogens with one attached hydrogen (secondary N) is 3. The van der Waals surface area contributed by atoms with Gasteiger partial charge in [-0.15, -0.1) is 0 Å². The Morgan fingerprint density at radius 3 is 2.91 bits per heavy atom. The summed E-state index contributed by atoms with van der Waals surface area (Å²) >= 11 is 0. The smallest absolute Gasteiger partial charge is 0.407 e. The number of piperidine rings is 1. The summed E-state index contributed by atoms with van der Waals surface area (Å²) in [5.74, 6) is 0.820. The number of aromatic amines is 2. The lowest BCUT2D eigenvalue weighted by Crippen LogP contribution is -2.49. The van der Waals surface area contributed by atoms with E-state index in [-0.39, 0.29) is 6.09 Å². The second-order valence-electron chi connectivity index (χ2n) is 9.64. The molecule has 1 aliphatic carbocycles. The molecule has 6 heteroatoms. The number of hydrogen-bond donors (Lipinski definition) is 3. The van der Waals surface area contributed by atoms with Crippen LogP contribution in [0, 0.1) is 5.92 Å². The summed E-state index contributed by atoms with van der Waals surface area (Å²) in [6, 6.07) is 15.3. The molecule has 0 spiro atoms. The van der Waals surface area contributed by atoms with Gasteiger partial charge < -0.3 is 24.9 Å². The number of likely N-dealkylation sites (tertiary alicyclic amines) is 1. The summed E-state index contributed by atoms with van der Waals surface area (Å²) in [5, 5.41) is 5.54. The van der Waals surface area contributed by atoms with E-state index in [9.17, 15) is 4.79 Å². The summed E-state index contributed by atoms with van der Waals surface area (Å²) in [4.78, 5) is 21.5. The van der Waals surface area contributed by atoms with Crippen molar-refractivity contribution >= 4 is 27.9 Å². The molecule has 2 aliphatic rings. The van der Waals surface area contributed by atoms with Gasteiger partial charge >= 0.3 is 6.09 Å². The van der Waals surface area contributed by atoms with Gasteiger partial charge in [-0.2, -0.15) is 0 Å². The molecule has 3 atom stereocenters. The molecule has 33 heavy (non-hydrogen) atoms. The summed E-state index contributed by atoms with van der Waals surface area (Å²) in [5.41, 5.74) is 6.44. The van der Waals surface area contributed by atoms with Crippen molar-refractivity contribution in [2.75, 3.05) is 26.7 Å². The van der Waals surface area contributed by atoms with Gasteiger partial charge in [0, 0.05) is 65.2 Å². The zero-order chi connectivity index (χ0) is 22.4. The third-order valence-electron chi connectivity index (χ3n) is 7.60. The minimum Gasteiger partial charge on any atom is -0.449 e. The Morgan fingerprint density at radius 1 is 1.12 bits per heavy atom. The van der Waals surface area contributed by atoms with Gasteiger partial charge in [-0.1, -0.05) is 30.3 Å². The highest BCUT2D eigenvalue weighted by Gasteiger charge is 2.39. The van der Waals surface area contributed by atoms with Gasteiger partial charge in [0.15, 0.2) is 0 Å². The highest BCUT2D eigenvalue weighted by Crippen LogP contribution is 2.44. The van der Waals surface area contributed by atoms with Crippen LogP contribution in [0.25, 0.3) is 21.8 Å². The lowest BCUT2D eigenvalue weighted by Gasteiger charge is -2.45. The summed E-state index contributed by atoms with van der Waals surface area (Å²) in [7, 11) is 2.21. The van der Waals surface area contributed by atoms with Gasteiger partial charge in [0.05, 0.1) is 6.61 Å². The number of para-hydroxylation sites is 1. The molecule has 4 aromatic rings. The predicted molar refractivity (Wildman–Crippen MR) is 131 cm³/mol. The van der Waals surface area contributed by atoms with Crippen LogP contribution < -0.4 is 5.32 Å². The van der Waals surface area contributed by atoms with Crippen LogP contribution >= 0.6 is 0 Å². The predicted octanol–water partition coefficient (Wildman–Crippen LogP) is 4.58. The van der Waals surface area contributed by atoms with E-state index < -0.39 is 0 Å². The molecule has 0 radical (unpaired) electrons. The van der Waals surface area contributed by atoms with E-state index >= 15 is 0 Å². The molecule has 1 saturated heterocycles. The molecule has 0 bridgehead atoms. The van der Waals surface area contributed by atoms with Gasteiger partial charge in [-0.25, -0.2) is 4.79 Å². The maximum atomic E-state index is 12.4. The van der Waals surface area contributed by atoms with Crippen LogP contribution in [0.4, 0.5) is 4.79 Å². The fraction of sp³-hybridized carbons (Fsp3) is 0.370. The highest BCUT2D eigenvalue weighted by molar-refractivity contribution is 5.88. The number of ether oxygens (including phenoxy) is 1. The maximum Gasteiger partial charge on any atom is 0.407 e. The molecule has 170 valence electrons. The monoisotopic (exact) mass is 442 g/mol. The Labute approximate surface area is 193 Å². The normalized spacial score (nSPS) is 22.4. The number of H-pyrrole nitrogens is 2. The van der Waals surface area contributed by atoms with Crippen LogP contribution in [-0.4, -0.2) is 53.7 Å². The number of nitrogens with zero attached hydrogens (tertiary/aromatic N) is 1. The van der Waals surface area contributed by atoms with Gasteiger partial charge in [-0.05, 0) is 55.1 Å². The first kappa shape index (κ1) is 20.4. The van der Waals surface area contributed by atoms with E-state index in [2.05, 4.69) is 63.8 Å². The fourth-order valence-corrected chi connectivity index (χ4v) is 6.06. The van der Waals surface area contributed by atoms with Crippen molar-refractivity contribution in [1.29, 1.82) is 0 Å². The Morgan fingerprint density at radius 2 is 1.97 bits per heavy atom. The lowest BCUT2D eigenvalue weighted by molar-refractivity contribution is 0.0622. The second kappa shape index (κ2) is 8.27. The number of hydrogen-bond acceptors (Lipinski definition) is 3. The Bertz CT molecular complexity index is 1310. The van der Waals surface area contributed by atoms with Crippen LogP contribution in [0.5, 0.6) is 0 Å². The van der Waals surface area contributed by atoms with Crippen LogP contribution in [0.2, 0.25) is 0 Å². The first-order valence-corrected chi connectivity index (χ1v) is 11.9. The van der Waals surface area contributed by atoms with E-state index in [0.29, 0.717) is 31.0 Å². The first-order valence-electron chi connectivity index (χ1n) is 11.9. The number of carbonyl (C=O) groups excluding carboxylic acids is 1. The number of aromatic nitrogens is 2. The fourth-order valence-electron chi connectivity index (χ4n) is 6.06. The minimum absolute atomic E-state index is 0.321. The molecule has 1 unspecified atom stereocenters. The van der Waals surface area contributed by atoms with Gasteiger partial charge in [0.2, 0.25) is 0 Å².